The Balaban J connectivity index is 2.15. The molecule has 0 aromatic carbocycles. The molecule has 1 heterocycles. The molecular formula is C8H11N3OS2. The maximum absolute atomic E-state index is 11.1. The molecule has 0 saturated heterocycles. The van der Waals surface area contributed by atoms with Crippen molar-refractivity contribution in [3.63, 3.8) is 0 Å². The fourth-order valence-electron chi connectivity index (χ4n) is 0.912. The highest BCUT2D eigenvalue weighted by molar-refractivity contribution is 7.80. The van der Waals surface area contributed by atoms with Crippen LogP contribution in [0.5, 0.6) is 0 Å². The van der Waals surface area contributed by atoms with E-state index < -0.39 is 0 Å². The third kappa shape index (κ3) is 4.29. The number of rotatable bonds is 5. The lowest BCUT2D eigenvalue weighted by Crippen LogP contribution is -2.29. The monoisotopic (exact) mass is 229 g/mol. The second-order valence-electron chi connectivity index (χ2n) is 2.72. The lowest BCUT2D eigenvalue weighted by atomic mass is 10.3. The number of carbonyl (C=O) groups is 1. The van der Waals surface area contributed by atoms with E-state index >= 15 is 0 Å². The molecule has 76 valence electrons. The molecular weight excluding hydrogens is 218 g/mol. The van der Waals surface area contributed by atoms with Gasteiger partial charge in [0.05, 0.1) is 22.6 Å². The zero-order valence-corrected chi connectivity index (χ0v) is 9.16. The molecule has 1 amide bonds. The summed E-state index contributed by atoms with van der Waals surface area (Å²) in [4.78, 5) is 15.4. The van der Waals surface area contributed by atoms with Gasteiger partial charge in [0.25, 0.3) is 0 Å². The van der Waals surface area contributed by atoms with Gasteiger partial charge in [0.1, 0.15) is 0 Å². The van der Waals surface area contributed by atoms with Crippen LogP contribution in [-0.2, 0) is 11.2 Å². The summed E-state index contributed by atoms with van der Waals surface area (Å²) in [7, 11) is 0. The molecule has 0 unspecified atom stereocenters. The minimum absolute atomic E-state index is 0.117. The lowest BCUT2D eigenvalue weighted by molar-refractivity contribution is -0.119. The van der Waals surface area contributed by atoms with Crippen LogP contribution in [0.25, 0.3) is 0 Å². The van der Waals surface area contributed by atoms with Crippen LogP contribution in [0.15, 0.2) is 10.9 Å². The van der Waals surface area contributed by atoms with Gasteiger partial charge in [0.15, 0.2) is 0 Å². The zero-order chi connectivity index (χ0) is 10.4. The first kappa shape index (κ1) is 11.1. The number of amides is 1. The Morgan fingerprint density at radius 2 is 2.50 bits per heavy atom. The zero-order valence-electron chi connectivity index (χ0n) is 7.53. The molecule has 0 aliphatic heterocycles. The Hall–Kier alpha value is -1.01. The molecule has 0 aliphatic rings. The van der Waals surface area contributed by atoms with Gasteiger partial charge in [-0.3, -0.25) is 4.79 Å². The average Bonchev–Trinajstić information content (AvgIpc) is 2.55. The van der Waals surface area contributed by atoms with Crippen LogP contribution in [0.2, 0.25) is 0 Å². The van der Waals surface area contributed by atoms with E-state index in [-0.39, 0.29) is 17.3 Å². The van der Waals surface area contributed by atoms with Crippen molar-refractivity contribution in [2.45, 2.75) is 12.8 Å². The van der Waals surface area contributed by atoms with Gasteiger partial charge in [-0.05, 0) is 0 Å². The first-order chi connectivity index (χ1) is 6.68. The Morgan fingerprint density at radius 3 is 3.07 bits per heavy atom. The van der Waals surface area contributed by atoms with Crippen molar-refractivity contribution in [1.29, 1.82) is 0 Å². The first-order valence-corrected chi connectivity index (χ1v) is 5.45. The van der Waals surface area contributed by atoms with E-state index in [2.05, 4.69) is 22.5 Å². The molecule has 3 N–H and O–H groups in total. The number of carbonyl (C=O) groups excluding carboxylic acids is 1. The Labute approximate surface area is 91.5 Å². The second kappa shape index (κ2) is 5.66. The van der Waals surface area contributed by atoms with Gasteiger partial charge >= 0.3 is 0 Å². The summed E-state index contributed by atoms with van der Waals surface area (Å²) in [6.07, 6.45) is 0.860. The summed E-state index contributed by atoms with van der Waals surface area (Å²) >= 11 is 6.15. The van der Waals surface area contributed by atoms with Crippen molar-refractivity contribution in [2.24, 2.45) is 5.73 Å². The number of nitrogens with two attached hydrogens (primary N) is 1. The van der Waals surface area contributed by atoms with Crippen LogP contribution in [0.3, 0.4) is 0 Å². The molecule has 6 heteroatoms. The summed E-state index contributed by atoms with van der Waals surface area (Å²) in [6, 6.07) is 0. The SMILES string of the molecule is NC(=S)CC(=O)NCCc1cscn1. The van der Waals surface area contributed by atoms with E-state index in [0.29, 0.717) is 6.54 Å². The summed E-state index contributed by atoms with van der Waals surface area (Å²) in [6.45, 7) is 0.575. The highest BCUT2D eigenvalue weighted by atomic mass is 32.1. The molecule has 4 nitrogen and oxygen atoms in total. The summed E-state index contributed by atoms with van der Waals surface area (Å²) in [5, 5.41) is 4.67. The van der Waals surface area contributed by atoms with Crippen LogP contribution in [0.1, 0.15) is 12.1 Å². The van der Waals surface area contributed by atoms with Crippen molar-refractivity contribution >= 4 is 34.5 Å². The van der Waals surface area contributed by atoms with Crippen molar-refractivity contribution in [1.82, 2.24) is 10.3 Å². The Bertz CT molecular complexity index is 310. The molecule has 0 saturated carbocycles. The van der Waals surface area contributed by atoms with Crippen molar-refractivity contribution in [2.75, 3.05) is 6.54 Å². The minimum atomic E-state index is -0.132. The van der Waals surface area contributed by atoms with Gasteiger partial charge in [-0.1, -0.05) is 12.2 Å². The van der Waals surface area contributed by atoms with Crippen LogP contribution in [0.4, 0.5) is 0 Å². The maximum Gasteiger partial charge on any atom is 0.226 e. The maximum atomic E-state index is 11.1. The molecule has 0 fully saturated rings. The van der Waals surface area contributed by atoms with Gasteiger partial charge in [-0.2, -0.15) is 0 Å². The van der Waals surface area contributed by atoms with Crippen molar-refractivity contribution < 1.29 is 4.79 Å². The van der Waals surface area contributed by atoms with Gasteiger partial charge in [0.2, 0.25) is 5.91 Å². The number of aromatic nitrogens is 1. The Morgan fingerprint density at radius 1 is 1.71 bits per heavy atom. The third-order valence-corrected chi connectivity index (χ3v) is 2.30. The fourth-order valence-corrected chi connectivity index (χ4v) is 1.64. The molecule has 0 bridgehead atoms. The van der Waals surface area contributed by atoms with Crippen LogP contribution in [0, 0.1) is 0 Å². The summed E-state index contributed by atoms with van der Waals surface area (Å²) in [5.41, 5.74) is 7.98. The van der Waals surface area contributed by atoms with Gasteiger partial charge < -0.3 is 11.1 Å². The molecule has 0 spiro atoms. The molecule has 0 atom stereocenters. The second-order valence-corrected chi connectivity index (χ2v) is 3.97. The van der Waals surface area contributed by atoms with Gasteiger partial charge in [0, 0.05) is 18.3 Å². The van der Waals surface area contributed by atoms with Crippen molar-refractivity contribution in [3.8, 4) is 0 Å². The average molecular weight is 229 g/mol. The van der Waals surface area contributed by atoms with E-state index in [1.165, 1.54) is 0 Å². The van der Waals surface area contributed by atoms with Crippen LogP contribution >= 0.6 is 23.6 Å². The smallest absolute Gasteiger partial charge is 0.226 e. The molecule has 0 radical (unpaired) electrons. The lowest BCUT2D eigenvalue weighted by Gasteiger charge is -2.02. The van der Waals surface area contributed by atoms with Gasteiger partial charge in [-0.15, -0.1) is 11.3 Å². The number of nitrogens with zero attached hydrogens (tertiary/aromatic N) is 1. The third-order valence-electron chi connectivity index (χ3n) is 1.52. The number of hydrogen-bond donors (Lipinski definition) is 2. The van der Waals surface area contributed by atoms with Gasteiger partial charge in [-0.25, -0.2) is 4.98 Å². The van der Waals surface area contributed by atoms with Crippen LogP contribution < -0.4 is 11.1 Å². The summed E-state index contributed by atoms with van der Waals surface area (Å²) < 4.78 is 0. The predicted octanol–water partition coefficient (Wildman–Crippen LogP) is 0.478. The highest BCUT2D eigenvalue weighted by Crippen LogP contribution is 2.00. The van der Waals surface area contributed by atoms with Crippen LogP contribution in [-0.4, -0.2) is 22.4 Å². The topological polar surface area (TPSA) is 68.0 Å². The molecule has 1 rings (SSSR count). The number of thiazole rings is 1. The quantitative estimate of drug-likeness (QED) is 0.721. The minimum Gasteiger partial charge on any atom is -0.393 e. The van der Waals surface area contributed by atoms with E-state index in [4.69, 9.17) is 5.73 Å². The highest BCUT2D eigenvalue weighted by Gasteiger charge is 2.02. The number of nitrogens with one attached hydrogen (secondary N) is 1. The number of thiocarbonyl (C=S) groups is 1. The predicted molar refractivity (Wildman–Crippen MR) is 60.2 cm³/mol. The molecule has 0 aliphatic carbocycles. The van der Waals surface area contributed by atoms with E-state index in [1.807, 2.05) is 5.38 Å². The van der Waals surface area contributed by atoms with Crippen molar-refractivity contribution in [3.05, 3.63) is 16.6 Å². The Kier molecular flexibility index (Phi) is 4.48. The summed E-state index contributed by atoms with van der Waals surface area (Å²) in [5.74, 6) is -0.132. The standard InChI is InChI=1S/C8H11N3OS2/c9-7(13)3-8(12)10-2-1-6-4-14-5-11-6/h4-5H,1-3H2,(H2,9,13)(H,10,12). The van der Waals surface area contributed by atoms with E-state index in [1.54, 1.807) is 16.8 Å². The molecule has 1 aromatic rings. The molecule has 14 heavy (non-hydrogen) atoms. The van der Waals surface area contributed by atoms with E-state index in [9.17, 15) is 4.79 Å². The number of hydrogen-bond acceptors (Lipinski definition) is 4. The fraction of sp³-hybridized carbons (Fsp3) is 0.375. The largest absolute Gasteiger partial charge is 0.393 e. The normalized spacial score (nSPS) is 9.71. The van der Waals surface area contributed by atoms with E-state index in [0.717, 1.165) is 12.1 Å². The first-order valence-electron chi connectivity index (χ1n) is 4.10. The molecule has 1 aromatic heterocycles.